The van der Waals surface area contributed by atoms with Crippen molar-refractivity contribution in [3.8, 4) is 0 Å². The monoisotopic (exact) mass is 544 g/mol. The predicted molar refractivity (Wildman–Crippen MR) is 136 cm³/mol. The van der Waals surface area contributed by atoms with E-state index >= 15 is 0 Å². The summed E-state index contributed by atoms with van der Waals surface area (Å²) in [5, 5.41) is 10.0. The molecule has 0 amide bonds. The number of piperazine rings is 1. The molecule has 3 aliphatic rings. The SMILES string of the molecule is CC(O)(c1ccc(N2CCN(S(=O)(=O)C3=CC=CCC3=S)C[C@H]2CC2CCOCC2)cc1)C(F)(F)F. The van der Waals surface area contributed by atoms with E-state index in [1.54, 1.807) is 24.3 Å². The molecule has 1 aromatic carbocycles. The van der Waals surface area contributed by atoms with Crippen molar-refractivity contribution >= 4 is 32.8 Å². The first-order valence-electron chi connectivity index (χ1n) is 12.1. The standard InChI is InChI=1S/C25H31F3N2O4S2/c1-24(31,25(26,27)28)19-6-8-20(9-7-19)30-13-12-29(17-21(30)16-18-10-14-34-15-11-18)36(32,33)23-5-3-2-4-22(23)35/h2-3,5-9,18,21,31H,4,10-17H2,1H3/t21-,24?/m1/s1. The summed E-state index contributed by atoms with van der Waals surface area (Å²) in [5.41, 5.74) is -2.51. The zero-order valence-electron chi connectivity index (χ0n) is 20.1. The molecule has 2 fully saturated rings. The Labute approximate surface area is 215 Å². The van der Waals surface area contributed by atoms with Gasteiger partial charge >= 0.3 is 6.18 Å². The predicted octanol–water partition coefficient (Wildman–Crippen LogP) is 4.31. The van der Waals surface area contributed by atoms with Crippen molar-refractivity contribution in [1.82, 2.24) is 4.31 Å². The summed E-state index contributed by atoms with van der Waals surface area (Å²) in [4.78, 5) is 2.63. The lowest BCUT2D eigenvalue weighted by Gasteiger charge is -2.44. The molecule has 1 unspecified atom stereocenters. The third kappa shape index (κ3) is 5.55. The zero-order valence-corrected chi connectivity index (χ0v) is 21.7. The molecule has 4 rings (SSSR count). The van der Waals surface area contributed by atoms with Gasteiger partial charge in [-0.15, -0.1) is 0 Å². The number of nitrogens with zero attached hydrogens (tertiary/aromatic N) is 2. The summed E-state index contributed by atoms with van der Waals surface area (Å²) in [6.07, 6.45) is 3.19. The van der Waals surface area contributed by atoms with Crippen LogP contribution in [0.4, 0.5) is 18.9 Å². The molecule has 2 atom stereocenters. The van der Waals surface area contributed by atoms with E-state index in [9.17, 15) is 26.7 Å². The molecule has 0 spiro atoms. The second-order valence-electron chi connectivity index (χ2n) is 9.70. The van der Waals surface area contributed by atoms with Gasteiger partial charge in [0.25, 0.3) is 0 Å². The van der Waals surface area contributed by atoms with Gasteiger partial charge in [-0.05, 0) is 55.9 Å². The number of hydrogen-bond acceptors (Lipinski definition) is 6. The number of anilines is 1. The van der Waals surface area contributed by atoms with Gasteiger partial charge < -0.3 is 14.7 Å². The van der Waals surface area contributed by atoms with E-state index in [4.69, 9.17) is 17.0 Å². The van der Waals surface area contributed by atoms with Crippen LogP contribution in [0.1, 0.15) is 38.2 Å². The summed E-state index contributed by atoms with van der Waals surface area (Å²) in [6.45, 7) is 2.93. The minimum atomic E-state index is -4.80. The zero-order chi connectivity index (χ0) is 26.1. The molecule has 36 heavy (non-hydrogen) atoms. The Morgan fingerprint density at radius 3 is 2.42 bits per heavy atom. The van der Waals surface area contributed by atoms with E-state index in [1.165, 1.54) is 16.4 Å². The quantitative estimate of drug-likeness (QED) is 0.539. The van der Waals surface area contributed by atoms with E-state index in [-0.39, 0.29) is 29.6 Å². The number of ether oxygens (including phenoxy) is 1. The maximum atomic E-state index is 13.4. The van der Waals surface area contributed by atoms with E-state index in [1.807, 2.05) is 6.08 Å². The summed E-state index contributed by atoms with van der Waals surface area (Å²) >= 11 is 5.32. The van der Waals surface area contributed by atoms with E-state index in [0.717, 1.165) is 26.2 Å². The molecular formula is C25H31F3N2O4S2. The van der Waals surface area contributed by atoms with Crippen LogP contribution in [-0.2, 0) is 20.4 Å². The highest BCUT2D eigenvalue weighted by Crippen LogP contribution is 2.39. The van der Waals surface area contributed by atoms with Crippen LogP contribution in [0.2, 0.25) is 0 Å². The Morgan fingerprint density at radius 1 is 1.14 bits per heavy atom. The molecular weight excluding hydrogens is 513 g/mol. The van der Waals surface area contributed by atoms with Crippen molar-refractivity contribution in [3.63, 3.8) is 0 Å². The van der Waals surface area contributed by atoms with Crippen molar-refractivity contribution in [3.05, 3.63) is 53.0 Å². The van der Waals surface area contributed by atoms with Crippen LogP contribution >= 0.6 is 12.2 Å². The Morgan fingerprint density at radius 2 is 1.81 bits per heavy atom. The highest BCUT2D eigenvalue weighted by Gasteiger charge is 2.51. The van der Waals surface area contributed by atoms with Gasteiger partial charge in [0.2, 0.25) is 10.0 Å². The first-order valence-corrected chi connectivity index (χ1v) is 13.9. The molecule has 1 N–H and O–H groups in total. The average Bonchev–Trinajstić information content (AvgIpc) is 2.84. The lowest BCUT2D eigenvalue weighted by molar-refractivity contribution is -0.258. The molecule has 0 aromatic heterocycles. The maximum Gasteiger partial charge on any atom is 0.421 e. The number of allylic oxidation sites excluding steroid dienone is 4. The van der Waals surface area contributed by atoms with Crippen molar-refractivity contribution in [2.24, 2.45) is 5.92 Å². The van der Waals surface area contributed by atoms with Crippen LogP contribution in [0.5, 0.6) is 0 Å². The molecule has 198 valence electrons. The van der Waals surface area contributed by atoms with E-state index < -0.39 is 21.8 Å². The topological polar surface area (TPSA) is 70.1 Å². The van der Waals surface area contributed by atoms with Gasteiger partial charge in [-0.25, -0.2) is 8.42 Å². The van der Waals surface area contributed by atoms with Crippen LogP contribution in [0, 0.1) is 5.92 Å². The van der Waals surface area contributed by atoms with Gasteiger partial charge in [-0.2, -0.15) is 17.5 Å². The Hall–Kier alpha value is -1.79. The van der Waals surface area contributed by atoms with Crippen molar-refractivity contribution < 1.29 is 31.4 Å². The largest absolute Gasteiger partial charge is 0.421 e. The number of hydrogen-bond donors (Lipinski definition) is 1. The van der Waals surface area contributed by atoms with Crippen LogP contribution in [0.25, 0.3) is 0 Å². The summed E-state index contributed by atoms with van der Waals surface area (Å²) < 4.78 is 73.7. The smallest absolute Gasteiger partial charge is 0.381 e. The Balaban J connectivity index is 1.59. The second kappa shape index (κ2) is 10.5. The second-order valence-corrected chi connectivity index (χ2v) is 12.1. The Kier molecular flexibility index (Phi) is 7.97. The molecule has 2 heterocycles. The van der Waals surface area contributed by atoms with Crippen molar-refractivity contribution in [2.75, 3.05) is 37.7 Å². The molecule has 1 aromatic rings. The normalized spacial score (nSPS) is 24.5. The van der Waals surface area contributed by atoms with Crippen LogP contribution in [0.15, 0.2) is 47.4 Å². The maximum absolute atomic E-state index is 13.4. The van der Waals surface area contributed by atoms with Crippen molar-refractivity contribution in [1.29, 1.82) is 0 Å². The number of thiocarbonyl (C=S) groups is 1. The molecule has 2 aliphatic heterocycles. The fourth-order valence-electron chi connectivity index (χ4n) is 4.99. The van der Waals surface area contributed by atoms with Gasteiger partial charge in [-0.3, -0.25) is 0 Å². The number of aliphatic hydroxyl groups is 1. The average molecular weight is 545 g/mol. The molecule has 11 heteroatoms. The van der Waals surface area contributed by atoms with Gasteiger partial charge in [0.15, 0.2) is 5.60 Å². The van der Waals surface area contributed by atoms with E-state index in [2.05, 4.69) is 4.90 Å². The molecule has 0 bridgehead atoms. The number of alkyl halides is 3. The first-order chi connectivity index (χ1) is 16.9. The highest BCUT2D eigenvalue weighted by molar-refractivity contribution is 7.96. The minimum absolute atomic E-state index is 0.164. The lowest BCUT2D eigenvalue weighted by atomic mass is 9.90. The molecule has 6 nitrogen and oxygen atoms in total. The van der Waals surface area contributed by atoms with Crippen LogP contribution < -0.4 is 4.90 Å². The Bertz CT molecular complexity index is 1120. The summed E-state index contributed by atoms with van der Waals surface area (Å²) in [7, 11) is -3.76. The fourth-order valence-corrected chi connectivity index (χ4v) is 7.06. The van der Waals surface area contributed by atoms with Crippen LogP contribution in [-0.4, -0.2) is 67.8 Å². The minimum Gasteiger partial charge on any atom is -0.381 e. The van der Waals surface area contributed by atoms with Gasteiger partial charge in [0, 0.05) is 55.9 Å². The van der Waals surface area contributed by atoms with Gasteiger partial charge in [0.1, 0.15) is 0 Å². The third-order valence-corrected chi connectivity index (χ3v) is 9.75. The van der Waals surface area contributed by atoms with Gasteiger partial charge in [0.05, 0.1) is 4.91 Å². The number of halogens is 3. The fraction of sp³-hybridized carbons (Fsp3) is 0.560. The summed E-state index contributed by atoms with van der Waals surface area (Å²) in [5.74, 6) is 0.358. The summed E-state index contributed by atoms with van der Waals surface area (Å²) in [6, 6.07) is 5.55. The van der Waals surface area contributed by atoms with Gasteiger partial charge in [-0.1, -0.05) is 36.5 Å². The van der Waals surface area contributed by atoms with Crippen LogP contribution in [0.3, 0.4) is 0 Å². The lowest BCUT2D eigenvalue weighted by Crippen LogP contribution is -2.56. The third-order valence-electron chi connectivity index (χ3n) is 7.28. The molecule has 0 radical (unpaired) electrons. The molecule has 0 saturated carbocycles. The number of sulfonamides is 1. The van der Waals surface area contributed by atoms with Crippen molar-refractivity contribution in [2.45, 2.75) is 50.4 Å². The number of rotatable bonds is 6. The number of benzene rings is 1. The molecule has 2 saturated heterocycles. The molecule has 1 aliphatic carbocycles. The van der Waals surface area contributed by atoms with E-state index in [0.29, 0.717) is 42.6 Å². The highest BCUT2D eigenvalue weighted by atomic mass is 32.2. The first kappa shape index (κ1) is 27.3.